The van der Waals surface area contributed by atoms with E-state index in [1.54, 1.807) is 22.7 Å². The molecule has 2 aromatic heterocycles. The molecule has 0 saturated heterocycles. The van der Waals surface area contributed by atoms with E-state index >= 15 is 0 Å². The Morgan fingerprint density at radius 2 is 2.10 bits per heavy atom. The molecule has 0 saturated carbocycles. The van der Waals surface area contributed by atoms with Gasteiger partial charge in [0.15, 0.2) is 5.13 Å². The molecule has 4 nitrogen and oxygen atoms in total. The molecule has 1 unspecified atom stereocenters. The van der Waals surface area contributed by atoms with Crippen LogP contribution in [-0.2, 0) is 6.54 Å². The fourth-order valence-corrected chi connectivity index (χ4v) is 4.00. The average Bonchev–Trinajstić information content (AvgIpc) is 2.97. The highest BCUT2D eigenvalue weighted by Gasteiger charge is 2.16. The van der Waals surface area contributed by atoms with Crippen molar-refractivity contribution in [3.63, 3.8) is 0 Å². The third-order valence-electron chi connectivity index (χ3n) is 3.28. The molecular formula is C14H22N4S2. The molecule has 0 aliphatic carbocycles. The molecule has 0 radical (unpaired) electrons. The van der Waals surface area contributed by atoms with E-state index < -0.39 is 0 Å². The van der Waals surface area contributed by atoms with Crippen molar-refractivity contribution in [2.24, 2.45) is 0 Å². The minimum absolute atomic E-state index is 0.366. The highest BCUT2D eigenvalue weighted by molar-refractivity contribution is 7.15. The minimum atomic E-state index is 0.366. The van der Waals surface area contributed by atoms with Gasteiger partial charge in [-0.2, -0.15) is 0 Å². The van der Waals surface area contributed by atoms with Gasteiger partial charge in [-0.15, -0.1) is 22.7 Å². The minimum Gasteiger partial charge on any atom is -0.346 e. The summed E-state index contributed by atoms with van der Waals surface area (Å²) in [4.78, 5) is 13.9. The van der Waals surface area contributed by atoms with Crippen molar-refractivity contribution in [1.29, 1.82) is 0 Å². The first kappa shape index (κ1) is 15.4. The van der Waals surface area contributed by atoms with Crippen LogP contribution >= 0.6 is 22.7 Å². The third kappa shape index (κ3) is 3.37. The van der Waals surface area contributed by atoms with Gasteiger partial charge >= 0.3 is 0 Å². The summed E-state index contributed by atoms with van der Waals surface area (Å²) in [7, 11) is 2.10. The lowest BCUT2D eigenvalue weighted by Gasteiger charge is -2.15. The topological polar surface area (TPSA) is 41.0 Å². The third-order valence-corrected chi connectivity index (χ3v) is 5.65. The van der Waals surface area contributed by atoms with E-state index in [-0.39, 0.29) is 0 Å². The Bertz CT molecular complexity index is 561. The predicted molar refractivity (Wildman–Crippen MR) is 87.9 cm³/mol. The van der Waals surface area contributed by atoms with Crippen LogP contribution in [0.3, 0.4) is 0 Å². The maximum absolute atomic E-state index is 4.71. The van der Waals surface area contributed by atoms with Gasteiger partial charge in [-0.3, -0.25) is 0 Å². The fourth-order valence-electron chi connectivity index (χ4n) is 2.12. The van der Waals surface area contributed by atoms with Gasteiger partial charge in [-0.05, 0) is 27.3 Å². The van der Waals surface area contributed by atoms with Gasteiger partial charge in [0.1, 0.15) is 0 Å². The lowest BCUT2D eigenvalue weighted by atomic mass is 10.2. The van der Waals surface area contributed by atoms with Crippen molar-refractivity contribution in [1.82, 2.24) is 15.3 Å². The number of aryl methyl sites for hydroxylation is 2. The highest BCUT2D eigenvalue weighted by Crippen LogP contribution is 2.31. The SMILES string of the molecule is CCNC(C)c1sc(N(C)Cc2scnc2C)nc1C. The maximum atomic E-state index is 4.71. The van der Waals surface area contributed by atoms with E-state index in [4.69, 9.17) is 4.98 Å². The van der Waals surface area contributed by atoms with Crippen molar-refractivity contribution in [2.45, 2.75) is 40.3 Å². The van der Waals surface area contributed by atoms with Crippen LogP contribution in [0.15, 0.2) is 5.51 Å². The second-order valence-corrected chi connectivity index (χ2v) is 6.89. The number of hydrogen-bond donors (Lipinski definition) is 1. The van der Waals surface area contributed by atoms with Crippen LogP contribution in [0.2, 0.25) is 0 Å². The number of anilines is 1. The van der Waals surface area contributed by atoms with E-state index in [0.717, 1.165) is 29.6 Å². The summed E-state index contributed by atoms with van der Waals surface area (Å²) in [5, 5.41) is 4.53. The molecule has 2 aromatic rings. The predicted octanol–water partition coefficient (Wildman–Crippen LogP) is 3.52. The van der Waals surface area contributed by atoms with E-state index in [1.807, 2.05) is 5.51 Å². The lowest BCUT2D eigenvalue weighted by Crippen LogP contribution is -2.17. The Kier molecular flexibility index (Phi) is 5.12. The van der Waals surface area contributed by atoms with Crippen LogP contribution in [0.1, 0.15) is 41.0 Å². The Labute approximate surface area is 128 Å². The largest absolute Gasteiger partial charge is 0.346 e. The summed E-state index contributed by atoms with van der Waals surface area (Å²) in [5.74, 6) is 0. The molecule has 0 aromatic carbocycles. The molecule has 0 bridgehead atoms. The van der Waals surface area contributed by atoms with Gasteiger partial charge in [0.05, 0.1) is 23.4 Å². The van der Waals surface area contributed by atoms with Crippen molar-refractivity contribution < 1.29 is 0 Å². The molecule has 110 valence electrons. The summed E-state index contributed by atoms with van der Waals surface area (Å²) >= 11 is 3.49. The van der Waals surface area contributed by atoms with Crippen molar-refractivity contribution in [3.8, 4) is 0 Å². The van der Waals surface area contributed by atoms with Crippen molar-refractivity contribution in [2.75, 3.05) is 18.5 Å². The molecule has 0 aliphatic rings. The summed E-state index contributed by atoms with van der Waals surface area (Å²) < 4.78 is 0. The Balaban J connectivity index is 2.13. The molecule has 2 heterocycles. The fraction of sp³-hybridized carbons (Fsp3) is 0.571. The molecule has 20 heavy (non-hydrogen) atoms. The molecule has 6 heteroatoms. The monoisotopic (exact) mass is 310 g/mol. The van der Waals surface area contributed by atoms with E-state index in [1.165, 1.54) is 9.75 Å². The van der Waals surface area contributed by atoms with Crippen LogP contribution in [0, 0.1) is 13.8 Å². The molecule has 0 spiro atoms. The Morgan fingerprint density at radius 3 is 2.70 bits per heavy atom. The second kappa shape index (κ2) is 6.65. The molecule has 2 rings (SSSR count). The molecule has 1 atom stereocenters. The van der Waals surface area contributed by atoms with Gasteiger partial charge in [0.2, 0.25) is 0 Å². The van der Waals surface area contributed by atoms with Crippen LogP contribution < -0.4 is 10.2 Å². The molecule has 1 N–H and O–H groups in total. The molecule has 0 aliphatic heterocycles. The van der Waals surface area contributed by atoms with Gasteiger partial charge in [0, 0.05) is 22.8 Å². The van der Waals surface area contributed by atoms with Gasteiger partial charge < -0.3 is 10.2 Å². The first-order chi connectivity index (χ1) is 9.52. The van der Waals surface area contributed by atoms with Crippen molar-refractivity contribution >= 4 is 27.8 Å². The zero-order valence-electron chi connectivity index (χ0n) is 12.7. The van der Waals surface area contributed by atoms with Gasteiger partial charge in [-0.25, -0.2) is 9.97 Å². The van der Waals surface area contributed by atoms with Gasteiger partial charge in [-0.1, -0.05) is 6.92 Å². The van der Waals surface area contributed by atoms with Crippen LogP contribution in [0.4, 0.5) is 5.13 Å². The normalized spacial score (nSPS) is 12.7. The number of nitrogens with zero attached hydrogens (tertiary/aromatic N) is 3. The first-order valence-corrected chi connectivity index (χ1v) is 8.53. The second-order valence-electron chi connectivity index (χ2n) is 4.94. The maximum Gasteiger partial charge on any atom is 0.185 e. The van der Waals surface area contributed by atoms with Crippen LogP contribution in [0.25, 0.3) is 0 Å². The first-order valence-electron chi connectivity index (χ1n) is 6.83. The number of rotatable bonds is 6. The summed E-state index contributed by atoms with van der Waals surface area (Å²) in [5.41, 5.74) is 4.16. The highest BCUT2D eigenvalue weighted by atomic mass is 32.1. The van der Waals surface area contributed by atoms with Crippen LogP contribution in [0.5, 0.6) is 0 Å². The smallest absolute Gasteiger partial charge is 0.185 e. The average molecular weight is 310 g/mol. The molecule has 0 amide bonds. The van der Waals surface area contributed by atoms with Crippen LogP contribution in [-0.4, -0.2) is 23.6 Å². The van der Waals surface area contributed by atoms with E-state index in [0.29, 0.717) is 6.04 Å². The zero-order valence-corrected chi connectivity index (χ0v) is 14.4. The summed E-state index contributed by atoms with van der Waals surface area (Å²) in [6.07, 6.45) is 0. The Hall–Kier alpha value is -0.980. The van der Waals surface area contributed by atoms with E-state index in [9.17, 15) is 0 Å². The Morgan fingerprint density at radius 1 is 1.35 bits per heavy atom. The number of aromatic nitrogens is 2. The van der Waals surface area contributed by atoms with Crippen molar-refractivity contribution in [3.05, 3.63) is 26.7 Å². The summed E-state index contributed by atoms with van der Waals surface area (Å²) in [6, 6.07) is 0.366. The molecular weight excluding hydrogens is 288 g/mol. The standard InChI is InChI=1S/C14H22N4S2/c1-6-15-10(3)13-11(4)17-14(20-13)18(5)7-12-9(2)16-8-19-12/h8,10,15H,6-7H2,1-5H3. The van der Waals surface area contributed by atoms with E-state index in [2.05, 4.69) is 49.9 Å². The molecule has 0 fully saturated rings. The number of nitrogens with one attached hydrogen (secondary N) is 1. The lowest BCUT2D eigenvalue weighted by molar-refractivity contribution is 0.603. The number of thiazole rings is 2. The zero-order chi connectivity index (χ0) is 14.7. The number of hydrogen-bond acceptors (Lipinski definition) is 6. The quantitative estimate of drug-likeness (QED) is 0.886. The van der Waals surface area contributed by atoms with Gasteiger partial charge in [0.25, 0.3) is 0 Å². The summed E-state index contributed by atoms with van der Waals surface area (Å²) in [6.45, 7) is 10.3.